The molecule has 3 heterocycles. The zero-order valence-electron chi connectivity index (χ0n) is 19.5. The SMILES string of the molecule is O=C(NN1C(=O)[C@@H]2[C@@H]3C=C[C@@H]([C@H]4C[C@@H]34)[C@@H]2C1=O)c1ccc(CN2CCN(c3ccncc3)C2=O)cc1. The second-order valence-corrected chi connectivity index (χ2v) is 10.4. The molecule has 1 aromatic carbocycles. The Labute approximate surface area is 207 Å². The summed E-state index contributed by atoms with van der Waals surface area (Å²) in [6.45, 7) is 1.62. The van der Waals surface area contributed by atoms with E-state index in [1.54, 1.807) is 46.5 Å². The normalized spacial score (nSPS) is 31.7. The second kappa shape index (κ2) is 7.74. The van der Waals surface area contributed by atoms with Crippen LogP contribution in [0.2, 0.25) is 0 Å². The third kappa shape index (κ3) is 3.11. The maximum absolute atomic E-state index is 13.1. The number of amides is 5. The summed E-state index contributed by atoms with van der Waals surface area (Å²) in [5.74, 6) is -0.491. The summed E-state index contributed by atoms with van der Waals surface area (Å²) in [5, 5.41) is 0.958. The standard InChI is InChI=1S/C27H25N5O4/c33-24(29-32-25(34)22-18-5-6-19(21-13-20(18)21)23(22)26(32)35)16-3-1-15(2-4-16)14-30-11-12-31(27(30)36)17-7-9-28-10-8-17/h1-10,18-23H,11-14H2,(H,29,33)/t18-,19+,20+,21-,22-,23+. The summed E-state index contributed by atoms with van der Waals surface area (Å²) in [6.07, 6.45) is 8.64. The highest BCUT2D eigenvalue weighted by atomic mass is 16.2. The lowest BCUT2D eigenvalue weighted by Gasteiger charge is -2.37. The first kappa shape index (κ1) is 21.3. The lowest BCUT2D eigenvalue weighted by molar-refractivity contribution is -0.143. The average Bonchev–Trinajstić information content (AvgIpc) is 3.61. The fourth-order valence-corrected chi connectivity index (χ4v) is 6.71. The summed E-state index contributed by atoms with van der Waals surface area (Å²) in [4.78, 5) is 59.4. The van der Waals surface area contributed by atoms with Crippen molar-refractivity contribution in [2.75, 3.05) is 18.0 Å². The molecule has 2 aliphatic heterocycles. The van der Waals surface area contributed by atoms with Gasteiger partial charge in [0.2, 0.25) is 0 Å². The number of hydrogen-bond donors (Lipinski definition) is 1. The minimum absolute atomic E-state index is 0.0726. The number of hydrogen-bond acceptors (Lipinski definition) is 5. The van der Waals surface area contributed by atoms with Crippen LogP contribution in [0, 0.1) is 35.5 Å². The maximum Gasteiger partial charge on any atom is 0.324 e. The molecule has 36 heavy (non-hydrogen) atoms. The highest BCUT2D eigenvalue weighted by Crippen LogP contribution is 2.65. The van der Waals surface area contributed by atoms with Crippen LogP contribution < -0.4 is 10.3 Å². The van der Waals surface area contributed by atoms with Crippen molar-refractivity contribution in [2.24, 2.45) is 35.5 Å². The monoisotopic (exact) mass is 483 g/mol. The van der Waals surface area contributed by atoms with E-state index in [2.05, 4.69) is 22.6 Å². The Morgan fingerprint density at radius 3 is 2.17 bits per heavy atom. The Morgan fingerprint density at radius 1 is 0.889 bits per heavy atom. The first-order valence-electron chi connectivity index (χ1n) is 12.4. The third-order valence-electron chi connectivity index (χ3n) is 8.54. The van der Waals surface area contributed by atoms with Gasteiger partial charge in [0.15, 0.2) is 0 Å². The molecule has 8 rings (SSSR count). The number of pyridine rings is 1. The molecule has 2 aromatic rings. The molecule has 4 aliphatic carbocycles. The molecule has 4 fully saturated rings. The third-order valence-corrected chi connectivity index (χ3v) is 8.54. The van der Waals surface area contributed by atoms with E-state index in [1.807, 2.05) is 12.1 Å². The van der Waals surface area contributed by atoms with Crippen LogP contribution in [-0.4, -0.2) is 51.7 Å². The predicted octanol–water partition coefficient (Wildman–Crippen LogP) is 2.22. The summed E-state index contributed by atoms with van der Waals surface area (Å²) in [5.41, 5.74) is 4.62. The largest absolute Gasteiger partial charge is 0.324 e. The first-order valence-corrected chi connectivity index (χ1v) is 12.4. The molecule has 6 aliphatic rings. The van der Waals surface area contributed by atoms with Crippen LogP contribution in [0.5, 0.6) is 0 Å². The number of carbonyl (C=O) groups is 4. The topological polar surface area (TPSA) is 103 Å². The van der Waals surface area contributed by atoms with Crippen molar-refractivity contribution < 1.29 is 19.2 Å². The van der Waals surface area contributed by atoms with Crippen molar-refractivity contribution in [3.05, 3.63) is 72.1 Å². The van der Waals surface area contributed by atoms with E-state index >= 15 is 0 Å². The van der Waals surface area contributed by atoms with Crippen LogP contribution in [0.1, 0.15) is 22.3 Å². The molecule has 1 N–H and O–H groups in total. The molecule has 9 heteroatoms. The van der Waals surface area contributed by atoms with Crippen molar-refractivity contribution in [1.82, 2.24) is 20.3 Å². The molecule has 0 unspecified atom stereocenters. The van der Waals surface area contributed by atoms with Gasteiger partial charge >= 0.3 is 6.03 Å². The van der Waals surface area contributed by atoms with E-state index in [0.717, 1.165) is 22.7 Å². The Hall–Kier alpha value is -4.01. The Kier molecular flexibility index (Phi) is 4.58. The molecule has 2 saturated carbocycles. The summed E-state index contributed by atoms with van der Waals surface area (Å²) < 4.78 is 0. The number of imide groups is 1. The number of allylic oxidation sites excluding steroid dienone is 2. The number of urea groups is 1. The van der Waals surface area contributed by atoms with Gasteiger partial charge in [0.25, 0.3) is 17.7 Å². The number of nitrogens with one attached hydrogen (secondary N) is 1. The number of carbonyl (C=O) groups excluding carboxylic acids is 4. The van der Waals surface area contributed by atoms with Gasteiger partial charge in [-0.3, -0.25) is 29.7 Å². The highest BCUT2D eigenvalue weighted by Gasteiger charge is 2.67. The van der Waals surface area contributed by atoms with E-state index < -0.39 is 5.91 Å². The van der Waals surface area contributed by atoms with Crippen LogP contribution in [0.3, 0.4) is 0 Å². The molecular weight excluding hydrogens is 458 g/mol. The summed E-state index contributed by atoms with van der Waals surface area (Å²) >= 11 is 0. The van der Waals surface area contributed by atoms with Gasteiger partial charge in [-0.2, -0.15) is 5.01 Å². The number of rotatable bonds is 5. The number of hydrazine groups is 1. The summed E-state index contributed by atoms with van der Waals surface area (Å²) in [6, 6.07) is 10.4. The van der Waals surface area contributed by atoms with Gasteiger partial charge in [-0.1, -0.05) is 24.3 Å². The first-order chi connectivity index (χ1) is 17.5. The van der Waals surface area contributed by atoms with Crippen LogP contribution in [0.4, 0.5) is 10.5 Å². The molecule has 1 aromatic heterocycles. The highest BCUT2D eigenvalue weighted by molar-refractivity contribution is 6.08. The quantitative estimate of drug-likeness (QED) is 0.519. The molecule has 0 radical (unpaired) electrons. The van der Waals surface area contributed by atoms with Gasteiger partial charge in [0.1, 0.15) is 0 Å². The number of aromatic nitrogens is 1. The van der Waals surface area contributed by atoms with Crippen molar-refractivity contribution in [3.8, 4) is 0 Å². The van der Waals surface area contributed by atoms with Crippen molar-refractivity contribution in [3.63, 3.8) is 0 Å². The fraction of sp³-hybridized carbons (Fsp3) is 0.370. The minimum atomic E-state index is -0.492. The van der Waals surface area contributed by atoms with Crippen molar-refractivity contribution >= 4 is 29.4 Å². The molecular formula is C27H25N5O4. The zero-order chi connectivity index (χ0) is 24.6. The second-order valence-electron chi connectivity index (χ2n) is 10.4. The van der Waals surface area contributed by atoms with Crippen LogP contribution in [0.15, 0.2) is 60.9 Å². The minimum Gasteiger partial charge on any atom is -0.318 e. The number of nitrogens with zero attached hydrogens (tertiary/aromatic N) is 4. The molecule has 2 saturated heterocycles. The van der Waals surface area contributed by atoms with Crippen molar-refractivity contribution in [1.29, 1.82) is 0 Å². The maximum atomic E-state index is 13.1. The van der Waals surface area contributed by atoms with Gasteiger partial charge in [0.05, 0.1) is 11.8 Å². The lowest BCUT2D eigenvalue weighted by Crippen LogP contribution is -2.46. The fourth-order valence-electron chi connectivity index (χ4n) is 6.71. The van der Waals surface area contributed by atoms with Crippen LogP contribution in [0.25, 0.3) is 0 Å². The Bertz CT molecular complexity index is 1270. The molecule has 2 bridgehead atoms. The summed E-state index contributed by atoms with van der Waals surface area (Å²) in [7, 11) is 0. The van der Waals surface area contributed by atoms with Gasteiger partial charge in [-0.05, 0) is 59.9 Å². The Balaban J connectivity index is 1.00. The van der Waals surface area contributed by atoms with Crippen LogP contribution >= 0.6 is 0 Å². The van der Waals surface area contributed by atoms with E-state index in [-0.39, 0.29) is 41.5 Å². The Morgan fingerprint density at radius 2 is 1.53 bits per heavy atom. The van der Waals surface area contributed by atoms with E-state index in [0.29, 0.717) is 37.0 Å². The zero-order valence-corrected chi connectivity index (χ0v) is 19.5. The number of benzene rings is 1. The van der Waals surface area contributed by atoms with E-state index in [1.165, 1.54) is 0 Å². The van der Waals surface area contributed by atoms with E-state index in [9.17, 15) is 19.2 Å². The molecule has 0 spiro atoms. The van der Waals surface area contributed by atoms with Gasteiger partial charge in [-0.25, -0.2) is 4.79 Å². The number of anilines is 1. The van der Waals surface area contributed by atoms with Gasteiger partial charge in [0, 0.05) is 43.3 Å². The molecule has 9 nitrogen and oxygen atoms in total. The lowest BCUT2D eigenvalue weighted by atomic mass is 9.63. The molecule has 5 amide bonds. The van der Waals surface area contributed by atoms with Crippen molar-refractivity contribution in [2.45, 2.75) is 13.0 Å². The van der Waals surface area contributed by atoms with Crippen LogP contribution in [-0.2, 0) is 16.1 Å². The molecule has 6 atom stereocenters. The predicted molar refractivity (Wildman–Crippen MR) is 128 cm³/mol. The smallest absolute Gasteiger partial charge is 0.318 e. The molecule has 182 valence electrons. The average molecular weight is 484 g/mol. The van der Waals surface area contributed by atoms with Gasteiger partial charge < -0.3 is 4.90 Å². The van der Waals surface area contributed by atoms with Gasteiger partial charge in [-0.15, -0.1) is 0 Å². The van der Waals surface area contributed by atoms with E-state index in [4.69, 9.17) is 0 Å².